The van der Waals surface area contributed by atoms with Crippen LogP contribution in [0.3, 0.4) is 0 Å². The van der Waals surface area contributed by atoms with Gasteiger partial charge >= 0.3 is 5.69 Å². The fourth-order valence-electron chi connectivity index (χ4n) is 2.97. The molecule has 1 aromatic carbocycles. The molecule has 1 aromatic rings. The number of nitrogens with zero attached hydrogens (tertiary/aromatic N) is 1. The summed E-state index contributed by atoms with van der Waals surface area (Å²) in [7, 11) is 0. The number of hydrogen-bond acceptors (Lipinski definition) is 4. The van der Waals surface area contributed by atoms with Gasteiger partial charge in [0.2, 0.25) is 0 Å². The average Bonchev–Trinajstić information content (AvgIpc) is 2.81. The van der Waals surface area contributed by atoms with Crippen molar-refractivity contribution in [1.29, 1.82) is 0 Å². The minimum absolute atomic E-state index is 0.0388. The number of benzene rings is 1. The van der Waals surface area contributed by atoms with Gasteiger partial charge in [-0.05, 0) is 44.2 Å². The molecule has 0 amide bonds. The second kappa shape index (κ2) is 6.78. The van der Waals surface area contributed by atoms with Crippen LogP contribution in [0, 0.1) is 22.0 Å². The van der Waals surface area contributed by atoms with Crippen LogP contribution in [-0.4, -0.2) is 17.6 Å². The predicted octanol–water partition coefficient (Wildman–Crippen LogP) is 4.23. The molecule has 5 heteroatoms. The molecule has 0 bridgehead atoms. The maximum Gasteiger partial charge on any atom is 0.333 e. The normalized spacial score (nSPS) is 21.5. The number of hydrogen-bond donors (Lipinski definition) is 1. The summed E-state index contributed by atoms with van der Waals surface area (Å²) in [6.07, 6.45) is 3.62. The molecule has 2 atom stereocenters. The molecule has 0 saturated heterocycles. The number of para-hydroxylation sites is 1. The summed E-state index contributed by atoms with van der Waals surface area (Å²) < 4.78 is 5.56. The first-order valence-corrected chi connectivity index (χ1v) is 7.67. The van der Waals surface area contributed by atoms with Crippen LogP contribution in [0.25, 0.3) is 0 Å². The molecule has 1 fully saturated rings. The Balaban J connectivity index is 2.16. The van der Waals surface area contributed by atoms with Gasteiger partial charge < -0.3 is 10.1 Å². The molecule has 0 spiro atoms. The lowest BCUT2D eigenvalue weighted by Crippen LogP contribution is -2.17. The van der Waals surface area contributed by atoms with Crippen LogP contribution in [0.4, 0.5) is 11.4 Å². The molecule has 1 saturated carbocycles. The summed E-state index contributed by atoms with van der Waals surface area (Å²) in [5, 5.41) is 14.6. The lowest BCUT2D eigenvalue weighted by molar-refractivity contribution is -0.385. The number of rotatable bonds is 6. The van der Waals surface area contributed by atoms with Crippen LogP contribution in [0.2, 0.25) is 0 Å². The van der Waals surface area contributed by atoms with Gasteiger partial charge in [0.1, 0.15) is 5.69 Å². The van der Waals surface area contributed by atoms with Gasteiger partial charge in [0.05, 0.1) is 11.0 Å². The van der Waals surface area contributed by atoms with Crippen LogP contribution in [0.5, 0.6) is 5.75 Å². The second-order valence-electron chi connectivity index (χ2n) is 6.13. The first-order valence-electron chi connectivity index (χ1n) is 7.67. The van der Waals surface area contributed by atoms with Gasteiger partial charge in [-0.25, -0.2) is 0 Å². The van der Waals surface area contributed by atoms with Crippen molar-refractivity contribution in [1.82, 2.24) is 0 Å². The van der Waals surface area contributed by atoms with E-state index in [9.17, 15) is 10.1 Å². The van der Waals surface area contributed by atoms with Crippen molar-refractivity contribution in [3.63, 3.8) is 0 Å². The first-order chi connectivity index (χ1) is 9.99. The Morgan fingerprint density at radius 1 is 1.43 bits per heavy atom. The highest BCUT2D eigenvalue weighted by Gasteiger charge is 2.26. The molecule has 0 radical (unpaired) electrons. The molecular weight excluding hydrogens is 268 g/mol. The smallest absolute Gasteiger partial charge is 0.333 e. The third-order valence-corrected chi connectivity index (χ3v) is 4.14. The van der Waals surface area contributed by atoms with Crippen molar-refractivity contribution in [2.75, 3.05) is 11.9 Å². The maximum atomic E-state index is 11.4. The zero-order chi connectivity index (χ0) is 15.4. The first kappa shape index (κ1) is 15.6. The summed E-state index contributed by atoms with van der Waals surface area (Å²) in [6, 6.07) is 5.21. The number of nitrogens with one attached hydrogen (secondary N) is 1. The van der Waals surface area contributed by atoms with Crippen LogP contribution in [0.1, 0.15) is 40.0 Å². The quantitative estimate of drug-likeness (QED) is 0.629. The van der Waals surface area contributed by atoms with E-state index in [2.05, 4.69) is 12.2 Å². The zero-order valence-corrected chi connectivity index (χ0v) is 13.0. The monoisotopic (exact) mass is 292 g/mol. The molecule has 1 N–H and O–H groups in total. The van der Waals surface area contributed by atoms with Crippen LogP contribution in [0.15, 0.2) is 18.2 Å². The van der Waals surface area contributed by atoms with Crippen molar-refractivity contribution >= 4 is 11.4 Å². The fraction of sp³-hybridized carbons (Fsp3) is 0.625. The van der Waals surface area contributed by atoms with E-state index < -0.39 is 0 Å². The Labute approximate surface area is 125 Å². The second-order valence-corrected chi connectivity index (χ2v) is 6.13. The van der Waals surface area contributed by atoms with Crippen LogP contribution in [-0.2, 0) is 0 Å². The average molecular weight is 292 g/mol. The maximum absolute atomic E-state index is 11.4. The van der Waals surface area contributed by atoms with Crippen LogP contribution >= 0.6 is 0 Å². The Morgan fingerprint density at radius 3 is 2.76 bits per heavy atom. The van der Waals surface area contributed by atoms with E-state index in [1.54, 1.807) is 18.2 Å². The third kappa shape index (κ3) is 3.86. The van der Waals surface area contributed by atoms with Crippen molar-refractivity contribution in [3.05, 3.63) is 28.3 Å². The Bertz CT molecular complexity index is 502. The van der Waals surface area contributed by atoms with Crippen molar-refractivity contribution in [3.8, 4) is 5.75 Å². The highest BCUT2D eigenvalue weighted by atomic mass is 16.6. The number of ether oxygens (including phenoxy) is 1. The molecule has 2 rings (SSSR count). The van der Waals surface area contributed by atoms with Gasteiger partial charge in [0.25, 0.3) is 0 Å². The minimum atomic E-state index is -0.363. The van der Waals surface area contributed by atoms with Gasteiger partial charge in [-0.2, -0.15) is 0 Å². The molecule has 21 heavy (non-hydrogen) atoms. The van der Waals surface area contributed by atoms with Crippen molar-refractivity contribution in [2.45, 2.75) is 46.1 Å². The number of anilines is 1. The van der Waals surface area contributed by atoms with E-state index in [0.717, 1.165) is 6.54 Å². The number of nitro benzene ring substituents is 1. The molecule has 2 unspecified atom stereocenters. The molecule has 1 aliphatic rings. The van der Waals surface area contributed by atoms with E-state index >= 15 is 0 Å². The largest absolute Gasteiger partial charge is 0.484 e. The highest BCUT2D eigenvalue weighted by Crippen LogP contribution is 2.37. The van der Waals surface area contributed by atoms with E-state index in [1.807, 2.05) is 13.8 Å². The standard InChI is InChI=1S/C16H24N2O3/c1-11(2)21-15-9-5-8-14(16(15)18(19)20)17-10-13-7-4-6-12(13)3/h5,8-9,11-13,17H,4,6-7,10H2,1-3H3. The molecule has 5 nitrogen and oxygen atoms in total. The fourth-order valence-corrected chi connectivity index (χ4v) is 2.97. The van der Waals surface area contributed by atoms with Crippen molar-refractivity contribution < 1.29 is 9.66 Å². The molecule has 0 aliphatic heterocycles. The Morgan fingerprint density at radius 2 is 2.19 bits per heavy atom. The predicted molar refractivity (Wildman–Crippen MR) is 83.9 cm³/mol. The minimum Gasteiger partial charge on any atom is -0.484 e. The topological polar surface area (TPSA) is 64.4 Å². The molecule has 1 aliphatic carbocycles. The summed E-state index contributed by atoms with van der Waals surface area (Å²) in [6.45, 7) is 6.77. The lowest BCUT2D eigenvalue weighted by Gasteiger charge is -2.18. The Kier molecular flexibility index (Phi) is 5.04. The molecular formula is C16H24N2O3. The highest BCUT2D eigenvalue weighted by molar-refractivity contribution is 5.68. The summed E-state index contributed by atoms with van der Waals surface area (Å²) in [5.41, 5.74) is 0.592. The molecule has 0 aromatic heterocycles. The summed E-state index contributed by atoms with van der Waals surface area (Å²) in [5.74, 6) is 1.62. The molecule has 116 valence electrons. The Hall–Kier alpha value is -1.78. The van der Waals surface area contributed by atoms with Crippen LogP contribution < -0.4 is 10.1 Å². The van der Waals surface area contributed by atoms with Gasteiger partial charge in [-0.3, -0.25) is 10.1 Å². The van der Waals surface area contributed by atoms with E-state index in [4.69, 9.17) is 4.74 Å². The van der Waals surface area contributed by atoms with Gasteiger partial charge in [0.15, 0.2) is 5.75 Å². The van der Waals surface area contributed by atoms with E-state index in [0.29, 0.717) is 23.3 Å². The van der Waals surface area contributed by atoms with Gasteiger partial charge in [-0.15, -0.1) is 0 Å². The SMILES string of the molecule is CC(C)Oc1cccc(NCC2CCCC2C)c1[N+](=O)[O-]. The summed E-state index contributed by atoms with van der Waals surface area (Å²) >= 11 is 0. The van der Waals surface area contributed by atoms with Crippen molar-refractivity contribution in [2.24, 2.45) is 11.8 Å². The van der Waals surface area contributed by atoms with E-state index in [1.165, 1.54) is 19.3 Å². The molecule has 0 heterocycles. The zero-order valence-electron chi connectivity index (χ0n) is 13.0. The lowest BCUT2D eigenvalue weighted by atomic mass is 9.98. The van der Waals surface area contributed by atoms with Gasteiger partial charge in [-0.1, -0.05) is 25.8 Å². The van der Waals surface area contributed by atoms with Gasteiger partial charge in [0, 0.05) is 6.54 Å². The number of nitro groups is 1. The third-order valence-electron chi connectivity index (χ3n) is 4.14. The summed E-state index contributed by atoms with van der Waals surface area (Å²) in [4.78, 5) is 11.0. The van der Waals surface area contributed by atoms with E-state index in [-0.39, 0.29) is 16.7 Å².